The maximum atomic E-state index is 11.0. The molecule has 1 amide bonds. The summed E-state index contributed by atoms with van der Waals surface area (Å²) in [6.07, 6.45) is 0. The largest absolute Gasteiger partial charge is 0.369 e. The van der Waals surface area contributed by atoms with E-state index in [1.807, 2.05) is 12.1 Å². The van der Waals surface area contributed by atoms with Gasteiger partial charge in [0.25, 0.3) is 0 Å². The highest BCUT2D eigenvalue weighted by atomic mass is 79.9. The molecule has 4 heteroatoms. The maximum Gasteiger partial charge on any atom is 0.231 e. The van der Waals surface area contributed by atoms with E-state index in [9.17, 15) is 4.79 Å². The third-order valence-electron chi connectivity index (χ3n) is 2.32. The Labute approximate surface area is 111 Å². The van der Waals surface area contributed by atoms with Crippen molar-refractivity contribution in [1.29, 1.82) is 0 Å². The van der Waals surface area contributed by atoms with E-state index in [4.69, 9.17) is 5.73 Å². The molecule has 0 aliphatic heterocycles. The van der Waals surface area contributed by atoms with E-state index in [2.05, 4.69) is 46.8 Å². The van der Waals surface area contributed by atoms with Crippen LogP contribution in [-0.2, 0) is 11.3 Å². The molecule has 0 aromatic heterocycles. The van der Waals surface area contributed by atoms with Crippen LogP contribution in [0.15, 0.2) is 28.7 Å². The summed E-state index contributed by atoms with van der Waals surface area (Å²) in [4.78, 5) is 13.1. The summed E-state index contributed by atoms with van der Waals surface area (Å²) >= 11 is 3.40. The van der Waals surface area contributed by atoms with Crippen molar-refractivity contribution in [1.82, 2.24) is 4.90 Å². The summed E-state index contributed by atoms with van der Waals surface area (Å²) in [5, 5.41) is 0. The van der Waals surface area contributed by atoms with Gasteiger partial charge in [0.15, 0.2) is 0 Å². The summed E-state index contributed by atoms with van der Waals surface area (Å²) in [5.74, 6) is 0.243. The number of nitrogens with two attached hydrogens (primary N) is 1. The molecule has 3 nitrogen and oxygen atoms in total. The fourth-order valence-corrected chi connectivity index (χ4v) is 2.03. The van der Waals surface area contributed by atoms with E-state index >= 15 is 0 Å². The van der Waals surface area contributed by atoms with Gasteiger partial charge in [-0.15, -0.1) is 0 Å². The number of hydrogen-bond acceptors (Lipinski definition) is 2. The third-order valence-corrected chi connectivity index (χ3v) is 2.85. The molecule has 0 saturated heterocycles. The Bertz CT molecular complexity index is 362. The Hall–Kier alpha value is -0.870. The van der Waals surface area contributed by atoms with Gasteiger partial charge in [0.1, 0.15) is 0 Å². The van der Waals surface area contributed by atoms with Gasteiger partial charge in [0.2, 0.25) is 5.91 Å². The number of nitrogens with zero attached hydrogens (tertiary/aromatic N) is 1. The van der Waals surface area contributed by atoms with Gasteiger partial charge in [-0.1, -0.05) is 41.9 Å². The molecule has 0 bridgehead atoms. The van der Waals surface area contributed by atoms with Gasteiger partial charge in [-0.25, -0.2) is 0 Å². The quantitative estimate of drug-likeness (QED) is 0.876. The fraction of sp³-hybridized carbons (Fsp3) is 0.462. The molecular formula is C13H19BrN2O. The first-order chi connectivity index (χ1) is 7.97. The van der Waals surface area contributed by atoms with Crippen LogP contribution in [-0.4, -0.2) is 23.9 Å². The van der Waals surface area contributed by atoms with Crippen LogP contribution >= 0.6 is 15.9 Å². The monoisotopic (exact) mass is 298 g/mol. The standard InChI is InChI=1S/C13H19BrN2O/c1-10(2)7-16(9-13(15)17)8-11-3-5-12(14)6-4-11/h3-6,10H,7-9H2,1-2H3,(H2,15,17). The number of rotatable bonds is 6. The van der Waals surface area contributed by atoms with Crippen molar-refractivity contribution in [3.63, 3.8) is 0 Å². The molecule has 2 N–H and O–H groups in total. The normalized spacial score (nSPS) is 11.1. The molecule has 0 heterocycles. The molecule has 0 fully saturated rings. The van der Waals surface area contributed by atoms with Crippen LogP contribution < -0.4 is 5.73 Å². The van der Waals surface area contributed by atoms with Gasteiger partial charge < -0.3 is 5.73 Å². The molecule has 0 aliphatic rings. The highest BCUT2D eigenvalue weighted by Gasteiger charge is 2.10. The van der Waals surface area contributed by atoms with E-state index in [0.29, 0.717) is 12.5 Å². The Morgan fingerprint density at radius 1 is 1.35 bits per heavy atom. The molecule has 0 radical (unpaired) electrons. The van der Waals surface area contributed by atoms with Crippen molar-refractivity contribution >= 4 is 21.8 Å². The first-order valence-electron chi connectivity index (χ1n) is 5.72. The van der Waals surface area contributed by atoms with Crippen LogP contribution in [0, 0.1) is 5.92 Å². The molecule has 0 aliphatic carbocycles. The lowest BCUT2D eigenvalue weighted by Gasteiger charge is -2.22. The first-order valence-corrected chi connectivity index (χ1v) is 6.51. The zero-order chi connectivity index (χ0) is 12.8. The molecule has 17 heavy (non-hydrogen) atoms. The molecule has 1 rings (SSSR count). The number of halogens is 1. The van der Waals surface area contributed by atoms with Gasteiger partial charge in [-0.05, 0) is 23.6 Å². The first kappa shape index (κ1) is 14.2. The summed E-state index contributed by atoms with van der Waals surface area (Å²) in [5.41, 5.74) is 6.45. The second kappa shape index (κ2) is 6.77. The van der Waals surface area contributed by atoms with Crippen LogP contribution in [0.5, 0.6) is 0 Å². The summed E-state index contributed by atoms with van der Waals surface area (Å²) in [6, 6.07) is 8.12. The minimum atomic E-state index is -0.275. The number of benzene rings is 1. The van der Waals surface area contributed by atoms with Crippen molar-refractivity contribution < 1.29 is 4.79 Å². The second-order valence-corrected chi connectivity index (χ2v) is 5.57. The molecule has 94 valence electrons. The minimum Gasteiger partial charge on any atom is -0.369 e. The predicted molar refractivity (Wildman–Crippen MR) is 73.5 cm³/mol. The van der Waals surface area contributed by atoms with Gasteiger partial charge in [-0.2, -0.15) is 0 Å². The highest BCUT2D eigenvalue weighted by molar-refractivity contribution is 9.10. The zero-order valence-electron chi connectivity index (χ0n) is 10.3. The molecule has 1 aromatic rings. The van der Waals surface area contributed by atoms with Crippen LogP contribution in [0.4, 0.5) is 0 Å². The SMILES string of the molecule is CC(C)CN(CC(N)=O)Cc1ccc(Br)cc1. The van der Waals surface area contributed by atoms with Crippen molar-refractivity contribution in [2.45, 2.75) is 20.4 Å². The van der Waals surface area contributed by atoms with E-state index in [1.165, 1.54) is 5.56 Å². The topological polar surface area (TPSA) is 46.3 Å². The van der Waals surface area contributed by atoms with Gasteiger partial charge in [0, 0.05) is 17.6 Å². The zero-order valence-corrected chi connectivity index (χ0v) is 11.9. The summed E-state index contributed by atoms with van der Waals surface area (Å²) in [6.45, 7) is 6.22. The molecule has 0 unspecified atom stereocenters. The number of primary amides is 1. The van der Waals surface area contributed by atoms with Crippen LogP contribution in [0.25, 0.3) is 0 Å². The third kappa shape index (κ3) is 5.84. The van der Waals surface area contributed by atoms with E-state index in [1.54, 1.807) is 0 Å². The second-order valence-electron chi connectivity index (χ2n) is 4.66. The predicted octanol–water partition coefficient (Wildman–Crippen LogP) is 2.39. The summed E-state index contributed by atoms with van der Waals surface area (Å²) < 4.78 is 1.06. The van der Waals surface area contributed by atoms with E-state index in [-0.39, 0.29) is 5.91 Å². The number of carbonyl (C=O) groups excluding carboxylic acids is 1. The van der Waals surface area contributed by atoms with Gasteiger partial charge in [-0.3, -0.25) is 9.69 Å². The maximum absolute atomic E-state index is 11.0. The average molecular weight is 299 g/mol. The minimum absolute atomic E-state index is 0.275. The highest BCUT2D eigenvalue weighted by Crippen LogP contribution is 2.12. The average Bonchev–Trinajstić information content (AvgIpc) is 2.19. The number of amides is 1. The molecule has 0 spiro atoms. The molecule has 0 atom stereocenters. The fourth-order valence-electron chi connectivity index (χ4n) is 1.77. The van der Waals surface area contributed by atoms with Crippen molar-refractivity contribution in [3.8, 4) is 0 Å². The molecule has 1 aromatic carbocycles. The van der Waals surface area contributed by atoms with Gasteiger partial charge >= 0.3 is 0 Å². The Balaban J connectivity index is 2.64. The van der Waals surface area contributed by atoms with Crippen molar-refractivity contribution in [3.05, 3.63) is 34.3 Å². The number of hydrogen-bond donors (Lipinski definition) is 1. The lowest BCUT2D eigenvalue weighted by Crippen LogP contribution is -2.35. The molecular weight excluding hydrogens is 280 g/mol. The smallest absolute Gasteiger partial charge is 0.231 e. The van der Waals surface area contributed by atoms with E-state index < -0.39 is 0 Å². The Kier molecular flexibility index (Phi) is 5.65. The van der Waals surface area contributed by atoms with Gasteiger partial charge in [0.05, 0.1) is 6.54 Å². The van der Waals surface area contributed by atoms with Crippen LogP contribution in [0.3, 0.4) is 0 Å². The van der Waals surface area contributed by atoms with Crippen molar-refractivity contribution in [2.24, 2.45) is 11.7 Å². The Morgan fingerprint density at radius 3 is 2.41 bits per heavy atom. The Morgan fingerprint density at radius 2 is 1.94 bits per heavy atom. The van der Waals surface area contributed by atoms with Crippen LogP contribution in [0.1, 0.15) is 19.4 Å². The lowest BCUT2D eigenvalue weighted by atomic mass is 10.1. The van der Waals surface area contributed by atoms with Crippen molar-refractivity contribution in [2.75, 3.05) is 13.1 Å². The summed E-state index contributed by atoms with van der Waals surface area (Å²) in [7, 11) is 0. The number of carbonyl (C=O) groups is 1. The lowest BCUT2D eigenvalue weighted by molar-refractivity contribution is -0.119. The molecule has 0 saturated carbocycles. The van der Waals surface area contributed by atoms with E-state index in [0.717, 1.165) is 17.6 Å². The van der Waals surface area contributed by atoms with Crippen LogP contribution in [0.2, 0.25) is 0 Å².